The number of thiazole rings is 1. The molecule has 2 aromatic carbocycles. The monoisotopic (exact) mass is 424 g/mol. The van der Waals surface area contributed by atoms with E-state index >= 15 is 0 Å². The average Bonchev–Trinajstić information content (AvgIpc) is 3.20. The SMILES string of the molecule is Cc1nc(-c2ccc3c(c2)CCN3S(=O)(=O)c2c(Cl)cccc2Cl)cs1. The van der Waals surface area contributed by atoms with Crippen LogP contribution in [0.3, 0.4) is 0 Å². The van der Waals surface area contributed by atoms with Crippen LogP contribution in [0, 0.1) is 6.92 Å². The van der Waals surface area contributed by atoms with Crippen molar-refractivity contribution in [2.75, 3.05) is 10.8 Å². The summed E-state index contributed by atoms with van der Waals surface area (Å²) in [6.07, 6.45) is 0.633. The standard InChI is InChI=1S/C18H14Cl2N2O2S2/c1-11-21-16(10-25-11)12-5-6-17-13(9-12)7-8-22(17)26(23,24)18-14(19)3-2-4-15(18)20/h2-6,9-10H,7-8H2,1H3. The van der Waals surface area contributed by atoms with Gasteiger partial charge in [0.25, 0.3) is 10.0 Å². The summed E-state index contributed by atoms with van der Waals surface area (Å²) in [5.74, 6) is 0. The zero-order valence-electron chi connectivity index (χ0n) is 13.7. The van der Waals surface area contributed by atoms with Gasteiger partial charge in [-0.1, -0.05) is 35.3 Å². The highest BCUT2D eigenvalue weighted by Crippen LogP contribution is 2.39. The van der Waals surface area contributed by atoms with Crippen molar-refractivity contribution < 1.29 is 8.42 Å². The number of aryl methyl sites for hydroxylation is 1. The van der Waals surface area contributed by atoms with Gasteiger partial charge in [0, 0.05) is 17.5 Å². The lowest BCUT2D eigenvalue weighted by atomic mass is 10.1. The van der Waals surface area contributed by atoms with Crippen molar-refractivity contribution in [3.05, 3.63) is 62.4 Å². The highest BCUT2D eigenvalue weighted by atomic mass is 35.5. The number of aromatic nitrogens is 1. The van der Waals surface area contributed by atoms with Crippen LogP contribution in [0.25, 0.3) is 11.3 Å². The molecule has 0 amide bonds. The Balaban J connectivity index is 1.76. The van der Waals surface area contributed by atoms with E-state index < -0.39 is 10.0 Å². The molecule has 1 aliphatic heterocycles. The summed E-state index contributed by atoms with van der Waals surface area (Å²) < 4.78 is 27.7. The molecule has 4 nitrogen and oxygen atoms in total. The maximum atomic E-state index is 13.1. The third-order valence-electron chi connectivity index (χ3n) is 4.31. The molecule has 0 saturated heterocycles. The van der Waals surface area contributed by atoms with Crippen LogP contribution in [-0.4, -0.2) is 19.9 Å². The Kier molecular flexibility index (Phi) is 4.47. The fourth-order valence-corrected chi connectivity index (χ4v) is 6.34. The molecule has 3 aromatic rings. The second-order valence-electron chi connectivity index (χ2n) is 5.97. The average molecular weight is 425 g/mol. The van der Waals surface area contributed by atoms with E-state index in [2.05, 4.69) is 4.98 Å². The fraction of sp³-hybridized carbons (Fsp3) is 0.167. The first-order valence-electron chi connectivity index (χ1n) is 7.90. The molecule has 0 bridgehead atoms. The first kappa shape index (κ1) is 17.8. The van der Waals surface area contributed by atoms with Crippen LogP contribution < -0.4 is 4.31 Å². The molecule has 26 heavy (non-hydrogen) atoms. The molecule has 0 fully saturated rings. The summed E-state index contributed by atoms with van der Waals surface area (Å²) in [4.78, 5) is 4.45. The molecule has 0 radical (unpaired) electrons. The Morgan fingerprint density at radius 2 is 1.88 bits per heavy atom. The predicted octanol–water partition coefficient (Wildman–Crippen LogP) is 5.18. The van der Waals surface area contributed by atoms with E-state index in [9.17, 15) is 8.42 Å². The Morgan fingerprint density at radius 3 is 2.54 bits per heavy atom. The highest BCUT2D eigenvalue weighted by molar-refractivity contribution is 7.93. The minimum atomic E-state index is -3.83. The second kappa shape index (κ2) is 6.53. The fourth-order valence-electron chi connectivity index (χ4n) is 3.12. The van der Waals surface area contributed by atoms with Crippen LogP contribution in [0.15, 0.2) is 46.7 Å². The lowest BCUT2D eigenvalue weighted by Gasteiger charge is -2.21. The summed E-state index contributed by atoms with van der Waals surface area (Å²) in [7, 11) is -3.83. The summed E-state index contributed by atoms with van der Waals surface area (Å²) in [6, 6.07) is 10.4. The van der Waals surface area contributed by atoms with Crippen molar-refractivity contribution in [1.29, 1.82) is 0 Å². The van der Waals surface area contributed by atoms with E-state index in [4.69, 9.17) is 23.2 Å². The van der Waals surface area contributed by atoms with E-state index in [1.54, 1.807) is 17.4 Å². The van der Waals surface area contributed by atoms with Crippen LogP contribution >= 0.6 is 34.5 Å². The van der Waals surface area contributed by atoms with Gasteiger partial charge in [0.2, 0.25) is 0 Å². The number of sulfonamides is 1. The van der Waals surface area contributed by atoms with E-state index in [1.165, 1.54) is 16.4 Å². The largest absolute Gasteiger partial charge is 0.267 e. The van der Waals surface area contributed by atoms with Gasteiger partial charge in [-0.25, -0.2) is 13.4 Å². The second-order valence-corrected chi connectivity index (χ2v) is 9.65. The molecule has 2 heterocycles. The van der Waals surface area contributed by atoms with E-state index in [1.807, 2.05) is 30.5 Å². The molecule has 4 rings (SSSR count). The van der Waals surface area contributed by atoms with Gasteiger partial charge < -0.3 is 0 Å². The van der Waals surface area contributed by atoms with E-state index in [0.717, 1.165) is 21.8 Å². The molecule has 8 heteroatoms. The molecule has 0 saturated carbocycles. The van der Waals surface area contributed by atoms with Gasteiger partial charge in [0.1, 0.15) is 4.90 Å². The number of benzene rings is 2. The Hall–Kier alpha value is -1.60. The van der Waals surface area contributed by atoms with Gasteiger partial charge in [0.15, 0.2) is 0 Å². The van der Waals surface area contributed by atoms with Gasteiger partial charge in [-0.2, -0.15) is 0 Å². The predicted molar refractivity (Wildman–Crippen MR) is 107 cm³/mol. The zero-order valence-corrected chi connectivity index (χ0v) is 16.9. The van der Waals surface area contributed by atoms with Crippen molar-refractivity contribution in [3.8, 4) is 11.3 Å². The third-order valence-corrected chi connectivity index (χ3v) is 7.86. The number of hydrogen-bond acceptors (Lipinski definition) is 4. The lowest BCUT2D eigenvalue weighted by molar-refractivity contribution is 0.592. The molecule has 1 aliphatic rings. The number of halogens is 2. The van der Waals surface area contributed by atoms with Crippen molar-refractivity contribution >= 4 is 50.2 Å². The molecule has 0 spiro atoms. The number of rotatable bonds is 3. The quantitative estimate of drug-likeness (QED) is 0.581. The molecular weight excluding hydrogens is 411 g/mol. The minimum absolute atomic E-state index is 0.0459. The number of nitrogens with zero attached hydrogens (tertiary/aromatic N) is 2. The first-order valence-corrected chi connectivity index (χ1v) is 11.0. The van der Waals surface area contributed by atoms with Crippen LogP contribution in [0.2, 0.25) is 10.0 Å². The summed E-state index contributed by atoms with van der Waals surface area (Å²) in [5, 5.41) is 3.25. The van der Waals surface area contributed by atoms with Crippen molar-refractivity contribution in [2.45, 2.75) is 18.2 Å². The molecule has 0 N–H and O–H groups in total. The Labute approximate surface area is 166 Å². The molecule has 1 aromatic heterocycles. The summed E-state index contributed by atoms with van der Waals surface area (Å²) in [5.41, 5.74) is 3.53. The summed E-state index contributed by atoms with van der Waals surface area (Å²) >= 11 is 13.9. The van der Waals surface area contributed by atoms with Crippen LogP contribution in [-0.2, 0) is 16.4 Å². The molecule has 134 valence electrons. The third kappa shape index (κ3) is 2.91. The van der Waals surface area contributed by atoms with Gasteiger partial charge in [-0.15, -0.1) is 11.3 Å². The first-order chi connectivity index (χ1) is 12.4. The summed E-state index contributed by atoms with van der Waals surface area (Å²) in [6.45, 7) is 2.32. The van der Waals surface area contributed by atoms with Gasteiger partial charge in [-0.3, -0.25) is 4.31 Å². The maximum absolute atomic E-state index is 13.1. The van der Waals surface area contributed by atoms with Gasteiger partial charge >= 0.3 is 0 Å². The van der Waals surface area contributed by atoms with E-state index in [-0.39, 0.29) is 14.9 Å². The number of hydrogen-bond donors (Lipinski definition) is 0. The molecule has 0 atom stereocenters. The smallest absolute Gasteiger partial charge is 0.266 e. The topological polar surface area (TPSA) is 50.3 Å². The van der Waals surface area contributed by atoms with Crippen molar-refractivity contribution in [2.24, 2.45) is 0 Å². The van der Waals surface area contributed by atoms with Crippen LogP contribution in [0.5, 0.6) is 0 Å². The minimum Gasteiger partial charge on any atom is -0.266 e. The highest BCUT2D eigenvalue weighted by Gasteiger charge is 2.34. The van der Waals surface area contributed by atoms with Crippen molar-refractivity contribution in [1.82, 2.24) is 4.98 Å². The Morgan fingerprint density at radius 1 is 1.15 bits per heavy atom. The number of fused-ring (bicyclic) bond motifs is 1. The van der Waals surface area contributed by atoms with Crippen molar-refractivity contribution in [3.63, 3.8) is 0 Å². The molecule has 0 unspecified atom stereocenters. The molecule has 0 aliphatic carbocycles. The number of anilines is 1. The Bertz CT molecular complexity index is 1090. The van der Waals surface area contributed by atoms with Gasteiger partial charge in [0.05, 0.1) is 26.4 Å². The van der Waals surface area contributed by atoms with Crippen LogP contribution in [0.4, 0.5) is 5.69 Å². The van der Waals surface area contributed by atoms with E-state index in [0.29, 0.717) is 18.7 Å². The van der Waals surface area contributed by atoms with Crippen LogP contribution in [0.1, 0.15) is 10.6 Å². The lowest BCUT2D eigenvalue weighted by Crippen LogP contribution is -2.29. The zero-order chi connectivity index (χ0) is 18.5. The maximum Gasteiger partial charge on any atom is 0.267 e. The molecular formula is C18H14Cl2N2O2S2. The van der Waals surface area contributed by atoms with Gasteiger partial charge in [-0.05, 0) is 43.2 Å². The normalized spacial score (nSPS) is 13.9.